The fourth-order valence-corrected chi connectivity index (χ4v) is 3.96. The van der Waals surface area contributed by atoms with Crippen LogP contribution in [0.25, 0.3) is 0 Å². The predicted molar refractivity (Wildman–Crippen MR) is 51.0 cm³/mol. The van der Waals surface area contributed by atoms with Crippen LogP contribution in [0.4, 0.5) is 0 Å². The SMILES string of the molecule is C[O][Ti]([CH2]CCOCC1CO1)([O]C)[O]C. The molecule has 0 radical (unpaired) electrons. The van der Waals surface area contributed by atoms with Crippen molar-refractivity contribution in [1.82, 2.24) is 0 Å². The Morgan fingerprint density at radius 3 is 2.27 bits per heavy atom. The number of epoxide rings is 1. The van der Waals surface area contributed by atoms with E-state index in [1.807, 2.05) is 0 Å². The van der Waals surface area contributed by atoms with E-state index in [2.05, 4.69) is 0 Å². The number of ether oxygens (including phenoxy) is 2. The molecule has 0 bridgehead atoms. The predicted octanol–water partition coefficient (Wildman–Crippen LogP) is 1.05. The van der Waals surface area contributed by atoms with Crippen LogP contribution in [-0.4, -0.2) is 47.3 Å². The van der Waals surface area contributed by atoms with Gasteiger partial charge in [-0.25, -0.2) is 0 Å². The molecule has 1 aliphatic heterocycles. The minimum atomic E-state index is -2.90. The Labute approximate surface area is 95.8 Å². The molecule has 1 unspecified atom stereocenters. The van der Waals surface area contributed by atoms with Crippen molar-refractivity contribution in [2.75, 3.05) is 41.2 Å². The third kappa shape index (κ3) is 4.91. The molecule has 0 saturated carbocycles. The molecular weight excluding hydrogens is 236 g/mol. The summed E-state index contributed by atoms with van der Waals surface area (Å²) in [4.78, 5) is 0. The first-order chi connectivity index (χ1) is 7.26. The Bertz CT molecular complexity index is 162. The molecule has 1 rings (SSSR count). The second kappa shape index (κ2) is 6.96. The summed E-state index contributed by atoms with van der Waals surface area (Å²) < 4.78 is 27.3. The number of hydrogen-bond acceptors (Lipinski definition) is 5. The molecule has 1 fully saturated rings. The van der Waals surface area contributed by atoms with Crippen molar-refractivity contribution >= 4 is 0 Å². The van der Waals surface area contributed by atoms with E-state index in [-0.39, 0.29) is 0 Å². The van der Waals surface area contributed by atoms with Crippen molar-refractivity contribution in [2.45, 2.75) is 17.3 Å². The van der Waals surface area contributed by atoms with Crippen LogP contribution in [0.5, 0.6) is 0 Å². The van der Waals surface area contributed by atoms with Crippen molar-refractivity contribution in [3.8, 4) is 0 Å². The van der Waals surface area contributed by atoms with Gasteiger partial charge in [0.2, 0.25) is 0 Å². The molecule has 0 spiro atoms. The fraction of sp³-hybridized carbons (Fsp3) is 1.00. The molecule has 1 heterocycles. The van der Waals surface area contributed by atoms with E-state index < -0.39 is 17.8 Å². The molecule has 0 aromatic heterocycles. The quantitative estimate of drug-likeness (QED) is 0.350. The molecule has 0 N–H and O–H groups in total. The number of rotatable bonds is 9. The first kappa shape index (κ1) is 13.6. The van der Waals surface area contributed by atoms with Crippen LogP contribution in [-0.2, 0) is 37.2 Å². The van der Waals surface area contributed by atoms with Gasteiger partial charge in [0.05, 0.1) is 0 Å². The molecule has 5 nitrogen and oxygen atoms in total. The molecule has 15 heavy (non-hydrogen) atoms. The zero-order chi connectivity index (χ0) is 11.1. The maximum atomic E-state index is 5.42. The van der Waals surface area contributed by atoms with Crippen molar-refractivity contribution in [1.29, 1.82) is 0 Å². The zero-order valence-electron chi connectivity index (χ0n) is 9.65. The van der Waals surface area contributed by atoms with Gasteiger partial charge in [-0.15, -0.1) is 0 Å². The summed E-state index contributed by atoms with van der Waals surface area (Å²) in [5.74, 6) is 0. The number of hydrogen-bond donors (Lipinski definition) is 0. The van der Waals surface area contributed by atoms with Gasteiger partial charge in [-0.3, -0.25) is 0 Å². The summed E-state index contributed by atoms with van der Waals surface area (Å²) in [6.07, 6.45) is 1.24. The van der Waals surface area contributed by atoms with E-state index in [4.69, 9.17) is 19.4 Å². The Balaban J connectivity index is 2.04. The second-order valence-electron chi connectivity index (χ2n) is 3.43. The molecule has 1 atom stereocenters. The van der Waals surface area contributed by atoms with Crippen LogP contribution >= 0.6 is 0 Å². The average Bonchev–Trinajstić information content (AvgIpc) is 3.08. The molecule has 0 aromatic rings. The van der Waals surface area contributed by atoms with Crippen LogP contribution in [0.3, 0.4) is 0 Å². The van der Waals surface area contributed by atoms with Gasteiger partial charge < -0.3 is 0 Å². The van der Waals surface area contributed by atoms with Crippen LogP contribution in [0.2, 0.25) is 4.73 Å². The standard InChI is InChI=1S/C6H11O2.3CH3O.Ti/c1-2-3-7-4-6-5-8-6;3*1-2;/h6H,1-5H2;3*1H3;/q;3*-1;+3. The Hall–Kier alpha value is 0.514. The van der Waals surface area contributed by atoms with Crippen molar-refractivity contribution in [2.24, 2.45) is 0 Å². The van der Waals surface area contributed by atoms with E-state index in [0.29, 0.717) is 19.3 Å². The second-order valence-corrected chi connectivity index (χ2v) is 8.26. The Morgan fingerprint density at radius 1 is 1.20 bits per heavy atom. The van der Waals surface area contributed by atoms with Gasteiger partial charge in [0.15, 0.2) is 0 Å². The molecule has 1 aliphatic rings. The van der Waals surface area contributed by atoms with Crippen LogP contribution in [0, 0.1) is 0 Å². The first-order valence-electron chi connectivity index (χ1n) is 5.11. The van der Waals surface area contributed by atoms with Gasteiger partial charge >= 0.3 is 95.6 Å². The zero-order valence-corrected chi connectivity index (χ0v) is 11.2. The Kier molecular flexibility index (Phi) is 6.30. The van der Waals surface area contributed by atoms with E-state index in [9.17, 15) is 0 Å². The summed E-state index contributed by atoms with van der Waals surface area (Å²) in [6, 6.07) is 0. The molecule has 90 valence electrons. The molecule has 0 aromatic carbocycles. The molecule has 0 aliphatic carbocycles. The van der Waals surface area contributed by atoms with E-state index in [1.54, 1.807) is 21.3 Å². The van der Waals surface area contributed by atoms with Crippen molar-refractivity contribution < 1.29 is 37.2 Å². The maximum absolute atomic E-state index is 5.42. The third-order valence-corrected chi connectivity index (χ3v) is 6.83. The van der Waals surface area contributed by atoms with Gasteiger partial charge in [0.1, 0.15) is 0 Å². The monoisotopic (exact) mass is 256 g/mol. The molecule has 0 amide bonds. The van der Waals surface area contributed by atoms with Gasteiger partial charge in [-0.05, 0) is 0 Å². The first-order valence-corrected chi connectivity index (χ1v) is 8.13. The summed E-state index contributed by atoms with van der Waals surface area (Å²) in [7, 11) is 4.93. The van der Waals surface area contributed by atoms with Crippen LogP contribution < -0.4 is 0 Å². The Morgan fingerprint density at radius 2 is 1.80 bits per heavy atom. The molecule has 1 saturated heterocycles. The van der Waals surface area contributed by atoms with Gasteiger partial charge in [0.25, 0.3) is 0 Å². The van der Waals surface area contributed by atoms with Gasteiger partial charge in [0, 0.05) is 0 Å². The minimum absolute atomic E-state index is 0.337. The van der Waals surface area contributed by atoms with Gasteiger partial charge in [-0.1, -0.05) is 0 Å². The summed E-state index contributed by atoms with van der Waals surface area (Å²) in [5, 5.41) is 0. The van der Waals surface area contributed by atoms with Crippen LogP contribution in [0.1, 0.15) is 6.42 Å². The fourth-order valence-electron chi connectivity index (χ4n) is 1.33. The summed E-state index contributed by atoms with van der Waals surface area (Å²) in [5.41, 5.74) is 0. The molecular formula is C9H20O5Ti. The van der Waals surface area contributed by atoms with Crippen molar-refractivity contribution in [3.63, 3.8) is 0 Å². The molecule has 6 heteroatoms. The normalized spacial score (nSPS) is 20.6. The summed E-state index contributed by atoms with van der Waals surface area (Å²) in [6.45, 7) is 2.26. The average molecular weight is 256 g/mol. The van der Waals surface area contributed by atoms with Crippen molar-refractivity contribution in [3.05, 3.63) is 0 Å². The van der Waals surface area contributed by atoms with E-state index in [0.717, 1.165) is 17.8 Å². The topological polar surface area (TPSA) is 49.5 Å². The van der Waals surface area contributed by atoms with Gasteiger partial charge in [-0.2, -0.15) is 0 Å². The van der Waals surface area contributed by atoms with E-state index >= 15 is 0 Å². The van der Waals surface area contributed by atoms with E-state index in [1.165, 1.54) is 0 Å². The third-order valence-electron chi connectivity index (χ3n) is 2.41. The van der Waals surface area contributed by atoms with Crippen LogP contribution in [0.15, 0.2) is 0 Å². The summed E-state index contributed by atoms with van der Waals surface area (Å²) >= 11 is -2.90.